The minimum absolute atomic E-state index is 0.199. The third kappa shape index (κ3) is 3.94. The molecule has 0 fully saturated rings. The molecule has 1 aromatic rings. The molecule has 0 bridgehead atoms. The van der Waals surface area contributed by atoms with Crippen LogP contribution in [0, 0.1) is 0 Å². The molecule has 0 atom stereocenters. The van der Waals surface area contributed by atoms with E-state index in [2.05, 4.69) is 0 Å². The van der Waals surface area contributed by atoms with E-state index in [0.717, 1.165) is 5.56 Å². The highest BCUT2D eigenvalue weighted by Gasteiger charge is 2.11. The van der Waals surface area contributed by atoms with Gasteiger partial charge in [-0.05, 0) is 5.56 Å². The second kappa shape index (κ2) is 5.96. The first-order chi connectivity index (χ1) is 7.24. The highest BCUT2D eigenvalue weighted by molar-refractivity contribution is 6.33. The zero-order valence-electron chi connectivity index (χ0n) is 8.73. The monoisotopic (exact) mass is 206 g/mol. The molecule has 3 heteroatoms. The van der Waals surface area contributed by atoms with E-state index in [-0.39, 0.29) is 13.0 Å². The highest BCUT2D eigenvalue weighted by Crippen LogP contribution is 1.99. The van der Waals surface area contributed by atoms with Crippen LogP contribution in [0.4, 0.5) is 0 Å². The summed E-state index contributed by atoms with van der Waals surface area (Å²) < 4.78 is 4.81. The predicted molar refractivity (Wildman–Crippen MR) is 56.4 cm³/mol. The zero-order chi connectivity index (χ0) is 11.1. The fourth-order valence-corrected chi connectivity index (χ4v) is 1.13. The van der Waals surface area contributed by atoms with Gasteiger partial charge < -0.3 is 4.74 Å². The van der Waals surface area contributed by atoms with Gasteiger partial charge in [0.25, 0.3) is 0 Å². The van der Waals surface area contributed by atoms with Crippen LogP contribution in [0.3, 0.4) is 0 Å². The topological polar surface area (TPSA) is 43.4 Å². The molecule has 0 aliphatic rings. The van der Waals surface area contributed by atoms with E-state index in [1.54, 1.807) is 6.92 Å². The molecule has 0 aliphatic carbocycles. The molecule has 3 nitrogen and oxygen atoms in total. The summed E-state index contributed by atoms with van der Waals surface area (Å²) in [6.07, 6.45) is 0.841. The fraction of sp³-hybridized carbons (Fsp3) is 0.333. The standard InChI is InChI=1S/C12H14O3/c1-2-11(13)12(14)15-9-8-10-6-4-3-5-7-10/h3-7H,2,8-9H2,1H3. The molecule has 0 N–H and O–H groups in total. The number of carbonyl (C=O) groups is 2. The minimum atomic E-state index is -0.728. The Balaban J connectivity index is 2.28. The quantitative estimate of drug-likeness (QED) is 0.544. The van der Waals surface area contributed by atoms with Gasteiger partial charge in [0.1, 0.15) is 0 Å². The van der Waals surface area contributed by atoms with Crippen LogP contribution in [0.15, 0.2) is 30.3 Å². The summed E-state index contributed by atoms with van der Waals surface area (Å²) in [5, 5.41) is 0. The lowest BCUT2D eigenvalue weighted by Crippen LogP contribution is -2.17. The summed E-state index contributed by atoms with van der Waals surface area (Å²) in [6, 6.07) is 9.68. The third-order valence-corrected chi connectivity index (χ3v) is 2.02. The van der Waals surface area contributed by atoms with Crippen LogP contribution in [-0.4, -0.2) is 18.4 Å². The molecule has 0 radical (unpaired) electrons. The second-order valence-corrected chi connectivity index (χ2v) is 3.15. The Morgan fingerprint density at radius 1 is 1.20 bits per heavy atom. The number of ether oxygens (including phenoxy) is 1. The average molecular weight is 206 g/mol. The molecule has 0 aromatic heterocycles. The lowest BCUT2D eigenvalue weighted by atomic mass is 10.2. The molecule has 1 aromatic carbocycles. The molecule has 0 saturated heterocycles. The second-order valence-electron chi connectivity index (χ2n) is 3.15. The Labute approximate surface area is 89.1 Å². The maximum Gasteiger partial charge on any atom is 0.374 e. The summed E-state index contributed by atoms with van der Waals surface area (Å²) in [5.41, 5.74) is 1.09. The Kier molecular flexibility index (Phi) is 4.54. The van der Waals surface area contributed by atoms with Crippen molar-refractivity contribution in [2.45, 2.75) is 19.8 Å². The van der Waals surface area contributed by atoms with Crippen LogP contribution >= 0.6 is 0 Å². The van der Waals surface area contributed by atoms with Crippen LogP contribution < -0.4 is 0 Å². The molecule has 0 amide bonds. The first-order valence-electron chi connectivity index (χ1n) is 4.98. The van der Waals surface area contributed by atoms with Crippen molar-refractivity contribution in [2.24, 2.45) is 0 Å². The lowest BCUT2D eigenvalue weighted by molar-refractivity contribution is -0.153. The summed E-state index contributed by atoms with van der Waals surface area (Å²) in [6.45, 7) is 1.90. The van der Waals surface area contributed by atoms with Gasteiger partial charge in [-0.1, -0.05) is 37.3 Å². The molecule has 0 unspecified atom stereocenters. The van der Waals surface area contributed by atoms with Gasteiger partial charge in [0.15, 0.2) is 0 Å². The number of benzene rings is 1. The first-order valence-corrected chi connectivity index (χ1v) is 4.98. The smallest absolute Gasteiger partial charge is 0.374 e. The van der Waals surface area contributed by atoms with E-state index in [1.807, 2.05) is 30.3 Å². The fourth-order valence-electron chi connectivity index (χ4n) is 1.13. The summed E-state index contributed by atoms with van der Waals surface area (Å²) in [5.74, 6) is -1.20. The van der Waals surface area contributed by atoms with E-state index in [0.29, 0.717) is 6.42 Å². The maximum atomic E-state index is 11.0. The van der Waals surface area contributed by atoms with E-state index >= 15 is 0 Å². The largest absolute Gasteiger partial charge is 0.460 e. The molecule has 0 spiro atoms. The normalized spacial score (nSPS) is 9.67. The van der Waals surface area contributed by atoms with Gasteiger partial charge in [-0.3, -0.25) is 4.79 Å². The summed E-state index contributed by atoms with van der Waals surface area (Å²) in [4.78, 5) is 21.9. The Hall–Kier alpha value is -1.64. The van der Waals surface area contributed by atoms with Gasteiger partial charge in [0, 0.05) is 12.8 Å². The number of hydrogen-bond donors (Lipinski definition) is 0. The Morgan fingerprint density at radius 3 is 2.47 bits per heavy atom. The molecular formula is C12H14O3. The number of hydrogen-bond acceptors (Lipinski definition) is 3. The van der Waals surface area contributed by atoms with Crippen LogP contribution in [0.5, 0.6) is 0 Å². The zero-order valence-corrected chi connectivity index (χ0v) is 8.73. The lowest BCUT2D eigenvalue weighted by Gasteiger charge is -2.02. The van der Waals surface area contributed by atoms with Crippen molar-refractivity contribution in [1.29, 1.82) is 0 Å². The molecule has 0 saturated carbocycles. The number of rotatable bonds is 5. The van der Waals surface area contributed by atoms with Gasteiger partial charge in [-0.15, -0.1) is 0 Å². The van der Waals surface area contributed by atoms with Gasteiger partial charge in [-0.2, -0.15) is 0 Å². The number of esters is 1. The number of Topliss-reactive ketones (excluding diaryl/α,β-unsaturated/α-hetero) is 1. The van der Waals surface area contributed by atoms with Gasteiger partial charge in [0.05, 0.1) is 6.61 Å². The van der Waals surface area contributed by atoms with Gasteiger partial charge in [-0.25, -0.2) is 4.79 Å². The van der Waals surface area contributed by atoms with Gasteiger partial charge in [0.2, 0.25) is 5.78 Å². The molecule has 80 valence electrons. The third-order valence-electron chi connectivity index (χ3n) is 2.02. The highest BCUT2D eigenvalue weighted by atomic mass is 16.5. The summed E-state index contributed by atoms with van der Waals surface area (Å²) >= 11 is 0. The molecule has 1 rings (SSSR count). The van der Waals surface area contributed by atoms with E-state index in [1.165, 1.54) is 0 Å². The van der Waals surface area contributed by atoms with Crippen LogP contribution in [-0.2, 0) is 20.7 Å². The van der Waals surface area contributed by atoms with E-state index in [9.17, 15) is 9.59 Å². The Morgan fingerprint density at radius 2 is 1.87 bits per heavy atom. The SMILES string of the molecule is CCC(=O)C(=O)OCCc1ccccc1. The van der Waals surface area contributed by atoms with Crippen LogP contribution in [0.1, 0.15) is 18.9 Å². The average Bonchev–Trinajstić information content (AvgIpc) is 2.29. The predicted octanol–water partition coefficient (Wildman–Crippen LogP) is 1.75. The molecule has 15 heavy (non-hydrogen) atoms. The molecule has 0 aliphatic heterocycles. The minimum Gasteiger partial charge on any atom is -0.460 e. The van der Waals surface area contributed by atoms with Crippen molar-refractivity contribution in [1.82, 2.24) is 0 Å². The number of carbonyl (C=O) groups excluding carboxylic acids is 2. The van der Waals surface area contributed by atoms with Gasteiger partial charge >= 0.3 is 5.97 Å². The first kappa shape index (κ1) is 11.4. The molecular weight excluding hydrogens is 192 g/mol. The van der Waals surface area contributed by atoms with Crippen molar-refractivity contribution in [3.05, 3.63) is 35.9 Å². The van der Waals surface area contributed by atoms with Crippen molar-refractivity contribution in [3.63, 3.8) is 0 Å². The number of ketones is 1. The van der Waals surface area contributed by atoms with E-state index in [4.69, 9.17) is 4.74 Å². The van der Waals surface area contributed by atoms with Crippen molar-refractivity contribution >= 4 is 11.8 Å². The summed E-state index contributed by atoms with van der Waals surface area (Å²) in [7, 11) is 0. The Bertz CT molecular complexity index is 330. The van der Waals surface area contributed by atoms with Crippen molar-refractivity contribution in [3.8, 4) is 0 Å². The van der Waals surface area contributed by atoms with Crippen molar-refractivity contribution < 1.29 is 14.3 Å². The van der Waals surface area contributed by atoms with Crippen LogP contribution in [0.25, 0.3) is 0 Å². The maximum absolute atomic E-state index is 11.0. The molecule has 0 heterocycles. The van der Waals surface area contributed by atoms with E-state index < -0.39 is 11.8 Å². The van der Waals surface area contributed by atoms with Crippen LogP contribution in [0.2, 0.25) is 0 Å². The van der Waals surface area contributed by atoms with Crippen molar-refractivity contribution in [2.75, 3.05) is 6.61 Å².